The van der Waals surface area contributed by atoms with Crippen LogP contribution in [0, 0.1) is 0 Å². The van der Waals surface area contributed by atoms with Crippen LogP contribution in [0.15, 0.2) is 30.3 Å². The number of amides is 2. The van der Waals surface area contributed by atoms with Crippen LogP contribution in [0.4, 0.5) is 4.79 Å². The summed E-state index contributed by atoms with van der Waals surface area (Å²) in [5.74, 6) is -0.908. The smallest absolute Gasteiger partial charge is 0.317 e. The molecule has 0 bridgehead atoms. The predicted octanol–water partition coefficient (Wildman–Crippen LogP) is 2.51. The van der Waals surface area contributed by atoms with Gasteiger partial charge in [0.2, 0.25) is 0 Å². The summed E-state index contributed by atoms with van der Waals surface area (Å²) in [6.45, 7) is 4.75. The van der Waals surface area contributed by atoms with Crippen LogP contribution in [0.1, 0.15) is 32.3 Å². The van der Waals surface area contributed by atoms with Gasteiger partial charge in [0.1, 0.15) is 0 Å². The van der Waals surface area contributed by atoms with E-state index >= 15 is 0 Å². The summed E-state index contributed by atoms with van der Waals surface area (Å²) in [4.78, 5) is 24.4. The number of carboxylic acids is 1. The molecule has 0 radical (unpaired) electrons. The summed E-state index contributed by atoms with van der Waals surface area (Å²) in [5.41, 5.74) is 1.20. The molecule has 2 amide bonds. The topological polar surface area (TPSA) is 69.6 Å². The number of benzene rings is 1. The first-order chi connectivity index (χ1) is 10.1. The van der Waals surface area contributed by atoms with Crippen molar-refractivity contribution in [2.45, 2.75) is 39.2 Å². The Kier molecular flexibility index (Phi) is 7.29. The van der Waals surface area contributed by atoms with Crippen LogP contribution < -0.4 is 5.32 Å². The first-order valence-electron chi connectivity index (χ1n) is 7.38. The van der Waals surface area contributed by atoms with Gasteiger partial charge in [-0.3, -0.25) is 4.79 Å². The van der Waals surface area contributed by atoms with E-state index in [4.69, 9.17) is 5.11 Å². The highest BCUT2D eigenvalue weighted by atomic mass is 16.4. The Morgan fingerprint density at radius 3 is 2.43 bits per heavy atom. The quantitative estimate of drug-likeness (QED) is 0.773. The first kappa shape index (κ1) is 17.0. The number of aliphatic carboxylic acids is 1. The van der Waals surface area contributed by atoms with Crippen molar-refractivity contribution in [2.75, 3.05) is 13.1 Å². The van der Waals surface area contributed by atoms with Gasteiger partial charge in [-0.05, 0) is 25.3 Å². The van der Waals surface area contributed by atoms with Crippen molar-refractivity contribution in [1.29, 1.82) is 0 Å². The minimum atomic E-state index is -0.908. The van der Waals surface area contributed by atoms with Crippen molar-refractivity contribution in [3.05, 3.63) is 35.9 Å². The van der Waals surface area contributed by atoms with Gasteiger partial charge in [0.15, 0.2) is 0 Å². The van der Waals surface area contributed by atoms with E-state index in [1.165, 1.54) is 5.56 Å². The van der Waals surface area contributed by atoms with Gasteiger partial charge in [-0.2, -0.15) is 0 Å². The van der Waals surface area contributed by atoms with E-state index in [2.05, 4.69) is 24.4 Å². The third kappa shape index (κ3) is 5.85. The number of nitrogens with zero attached hydrogens (tertiary/aromatic N) is 1. The van der Waals surface area contributed by atoms with E-state index in [1.807, 2.05) is 25.1 Å². The average molecular weight is 292 g/mol. The molecule has 1 rings (SSSR count). The third-order valence-corrected chi connectivity index (χ3v) is 3.44. The van der Waals surface area contributed by atoms with Crippen LogP contribution in [0.25, 0.3) is 0 Å². The molecule has 1 atom stereocenters. The standard InChI is InChI=1S/C16H24N2O3/c1-3-14(12-13-8-6-5-7-9-13)18(4-2)16(21)17-11-10-15(19)20/h5-9,14H,3-4,10-12H2,1-2H3,(H,17,21)(H,19,20). The lowest BCUT2D eigenvalue weighted by Gasteiger charge is -2.30. The third-order valence-electron chi connectivity index (χ3n) is 3.44. The van der Waals surface area contributed by atoms with Crippen LogP contribution in [0.2, 0.25) is 0 Å². The number of carbonyl (C=O) groups excluding carboxylic acids is 1. The van der Waals surface area contributed by atoms with Gasteiger partial charge in [0.25, 0.3) is 0 Å². The molecule has 116 valence electrons. The van der Waals surface area contributed by atoms with Crippen LogP contribution in [-0.2, 0) is 11.2 Å². The molecule has 0 aliphatic rings. The van der Waals surface area contributed by atoms with Gasteiger partial charge in [0, 0.05) is 19.1 Å². The summed E-state index contributed by atoms with van der Waals surface area (Å²) in [5, 5.41) is 11.3. The molecular formula is C16H24N2O3. The maximum Gasteiger partial charge on any atom is 0.317 e. The molecule has 0 aliphatic carbocycles. The molecule has 0 fully saturated rings. The van der Waals surface area contributed by atoms with Crippen molar-refractivity contribution in [2.24, 2.45) is 0 Å². The van der Waals surface area contributed by atoms with E-state index in [1.54, 1.807) is 4.90 Å². The van der Waals surface area contributed by atoms with E-state index < -0.39 is 5.97 Å². The molecule has 1 aromatic rings. The Labute approximate surface area is 126 Å². The molecule has 0 spiro atoms. The zero-order valence-electron chi connectivity index (χ0n) is 12.7. The summed E-state index contributed by atoms with van der Waals surface area (Å²) in [7, 11) is 0. The zero-order valence-corrected chi connectivity index (χ0v) is 12.7. The Morgan fingerprint density at radius 2 is 1.90 bits per heavy atom. The molecule has 21 heavy (non-hydrogen) atoms. The molecule has 1 aromatic carbocycles. The molecule has 5 nitrogen and oxygen atoms in total. The SMILES string of the molecule is CCC(Cc1ccccc1)N(CC)C(=O)NCCC(=O)O. The van der Waals surface area contributed by atoms with Crippen molar-refractivity contribution in [3.8, 4) is 0 Å². The van der Waals surface area contributed by atoms with Gasteiger partial charge < -0.3 is 15.3 Å². The number of hydrogen-bond acceptors (Lipinski definition) is 2. The number of rotatable bonds is 8. The normalized spacial score (nSPS) is 11.7. The Hall–Kier alpha value is -2.04. The van der Waals surface area contributed by atoms with Crippen molar-refractivity contribution < 1.29 is 14.7 Å². The highest BCUT2D eigenvalue weighted by Crippen LogP contribution is 2.12. The number of nitrogens with one attached hydrogen (secondary N) is 1. The van der Waals surface area contributed by atoms with E-state index in [9.17, 15) is 9.59 Å². The highest BCUT2D eigenvalue weighted by molar-refractivity contribution is 5.75. The molecule has 0 heterocycles. The molecule has 0 saturated heterocycles. The molecule has 5 heteroatoms. The van der Waals surface area contributed by atoms with Crippen LogP contribution >= 0.6 is 0 Å². The number of carboxylic acid groups (broad SMARTS) is 1. The van der Waals surface area contributed by atoms with Crippen molar-refractivity contribution >= 4 is 12.0 Å². The number of likely N-dealkylation sites (N-methyl/N-ethyl adjacent to an activating group) is 1. The molecule has 2 N–H and O–H groups in total. The van der Waals surface area contributed by atoms with Gasteiger partial charge >= 0.3 is 12.0 Å². The molecular weight excluding hydrogens is 268 g/mol. The van der Waals surface area contributed by atoms with Crippen LogP contribution in [0.3, 0.4) is 0 Å². The fourth-order valence-electron chi connectivity index (χ4n) is 2.31. The van der Waals surface area contributed by atoms with Crippen LogP contribution in [0.5, 0.6) is 0 Å². The van der Waals surface area contributed by atoms with E-state index in [0.717, 1.165) is 12.8 Å². The molecule has 0 aromatic heterocycles. The Balaban J connectivity index is 2.61. The van der Waals surface area contributed by atoms with Gasteiger partial charge in [-0.1, -0.05) is 37.3 Å². The second-order valence-corrected chi connectivity index (χ2v) is 4.91. The predicted molar refractivity (Wildman–Crippen MR) is 82.3 cm³/mol. The Morgan fingerprint density at radius 1 is 1.24 bits per heavy atom. The van der Waals surface area contributed by atoms with Gasteiger partial charge in [0.05, 0.1) is 6.42 Å². The Bertz CT molecular complexity index is 448. The minimum Gasteiger partial charge on any atom is -0.481 e. The second kappa shape index (κ2) is 9.00. The number of urea groups is 1. The summed E-state index contributed by atoms with van der Waals surface area (Å²) >= 11 is 0. The maximum atomic E-state index is 12.2. The van der Waals surface area contributed by atoms with Gasteiger partial charge in [-0.15, -0.1) is 0 Å². The van der Waals surface area contributed by atoms with E-state index in [-0.39, 0.29) is 25.0 Å². The number of carbonyl (C=O) groups is 2. The molecule has 1 unspecified atom stereocenters. The largest absolute Gasteiger partial charge is 0.481 e. The van der Waals surface area contributed by atoms with Crippen molar-refractivity contribution in [1.82, 2.24) is 10.2 Å². The first-order valence-corrected chi connectivity index (χ1v) is 7.38. The lowest BCUT2D eigenvalue weighted by molar-refractivity contribution is -0.136. The lowest BCUT2D eigenvalue weighted by Crippen LogP contribution is -2.47. The second-order valence-electron chi connectivity index (χ2n) is 4.91. The fourth-order valence-corrected chi connectivity index (χ4v) is 2.31. The average Bonchev–Trinajstić information content (AvgIpc) is 2.47. The molecule has 0 saturated carbocycles. The van der Waals surface area contributed by atoms with Gasteiger partial charge in [-0.25, -0.2) is 4.79 Å². The summed E-state index contributed by atoms with van der Waals surface area (Å²) in [6, 6.07) is 9.98. The van der Waals surface area contributed by atoms with Crippen LogP contribution in [-0.4, -0.2) is 41.1 Å². The number of hydrogen-bond donors (Lipinski definition) is 2. The summed E-state index contributed by atoms with van der Waals surface area (Å²) in [6.07, 6.45) is 1.60. The zero-order chi connectivity index (χ0) is 15.7. The highest BCUT2D eigenvalue weighted by Gasteiger charge is 2.20. The maximum absolute atomic E-state index is 12.2. The van der Waals surface area contributed by atoms with E-state index in [0.29, 0.717) is 6.54 Å². The summed E-state index contributed by atoms with van der Waals surface area (Å²) < 4.78 is 0. The van der Waals surface area contributed by atoms with Crippen molar-refractivity contribution in [3.63, 3.8) is 0 Å². The lowest BCUT2D eigenvalue weighted by atomic mass is 10.0. The minimum absolute atomic E-state index is 0.0568. The fraction of sp³-hybridized carbons (Fsp3) is 0.500. The molecule has 0 aliphatic heterocycles. The monoisotopic (exact) mass is 292 g/mol.